The van der Waals surface area contributed by atoms with Gasteiger partial charge in [-0.25, -0.2) is 4.98 Å². The van der Waals surface area contributed by atoms with Crippen LogP contribution < -0.4 is 0 Å². The van der Waals surface area contributed by atoms with Gasteiger partial charge in [0, 0.05) is 16.9 Å². The highest BCUT2D eigenvalue weighted by molar-refractivity contribution is 7.12. The third kappa shape index (κ3) is 3.29. The number of nitroso groups, excluding NO2 is 1. The monoisotopic (exact) mass is 336 g/mol. The van der Waals surface area contributed by atoms with Crippen LogP contribution in [-0.4, -0.2) is 4.98 Å². The first kappa shape index (κ1) is 16.5. The van der Waals surface area contributed by atoms with Gasteiger partial charge in [-0.2, -0.15) is 0 Å². The van der Waals surface area contributed by atoms with Crippen LogP contribution in [0, 0.1) is 32.6 Å². The van der Waals surface area contributed by atoms with Gasteiger partial charge >= 0.3 is 0 Å². The van der Waals surface area contributed by atoms with E-state index in [9.17, 15) is 4.91 Å². The van der Waals surface area contributed by atoms with Gasteiger partial charge < -0.3 is 0 Å². The van der Waals surface area contributed by atoms with E-state index in [1.165, 1.54) is 16.0 Å². The molecule has 4 heteroatoms. The predicted molar refractivity (Wildman–Crippen MR) is 101 cm³/mol. The van der Waals surface area contributed by atoms with E-state index < -0.39 is 0 Å². The lowest BCUT2D eigenvalue weighted by atomic mass is 10.0. The van der Waals surface area contributed by atoms with Crippen molar-refractivity contribution in [3.63, 3.8) is 0 Å². The van der Waals surface area contributed by atoms with Gasteiger partial charge in [0.2, 0.25) is 0 Å². The number of aryl methyl sites for hydroxylation is 4. The van der Waals surface area contributed by atoms with Crippen molar-refractivity contribution >= 4 is 17.0 Å². The zero-order valence-corrected chi connectivity index (χ0v) is 15.2. The molecule has 0 atom stereocenters. The molecule has 0 aliphatic rings. The summed E-state index contributed by atoms with van der Waals surface area (Å²) in [4.78, 5) is 16.9. The lowest BCUT2D eigenvalue weighted by Gasteiger charge is -2.07. The van der Waals surface area contributed by atoms with Crippen LogP contribution in [0.4, 0.5) is 5.69 Å². The maximum Gasteiger partial charge on any atom is 0.111 e. The highest BCUT2D eigenvalue weighted by Crippen LogP contribution is 2.30. The van der Waals surface area contributed by atoms with Gasteiger partial charge in [0.25, 0.3) is 0 Å². The number of hydrogen-bond donors (Lipinski definition) is 0. The van der Waals surface area contributed by atoms with Gasteiger partial charge in [0.15, 0.2) is 0 Å². The average Bonchev–Trinajstić information content (AvgIpc) is 2.92. The van der Waals surface area contributed by atoms with Gasteiger partial charge in [-0.05, 0) is 55.6 Å². The first-order valence-corrected chi connectivity index (χ1v) is 8.76. The summed E-state index contributed by atoms with van der Waals surface area (Å²) < 4.78 is 0. The first-order chi connectivity index (χ1) is 11.5. The lowest BCUT2D eigenvalue weighted by molar-refractivity contribution is 1.11. The van der Waals surface area contributed by atoms with E-state index in [1.807, 2.05) is 26.0 Å². The second-order valence-corrected chi connectivity index (χ2v) is 7.50. The second-order valence-electron chi connectivity index (χ2n) is 6.21. The molecule has 1 heterocycles. The Hall–Kier alpha value is -2.33. The van der Waals surface area contributed by atoms with Gasteiger partial charge in [-0.1, -0.05) is 35.9 Å². The van der Waals surface area contributed by atoms with Crippen LogP contribution in [-0.2, 0) is 6.42 Å². The second kappa shape index (κ2) is 6.65. The molecule has 122 valence electrons. The normalized spacial score (nSPS) is 10.8. The summed E-state index contributed by atoms with van der Waals surface area (Å²) in [7, 11) is 0. The zero-order valence-electron chi connectivity index (χ0n) is 14.4. The third-order valence-corrected chi connectivity index (χ3v) is 5.23. The molecular formula is C20H20N2OS. The van der Waals surface area contributed by atoms with Crippen molar-refractivity contribution in [2.45, 2.75) is 34.1 Å². The molecule has 0 spiro atoms. The van der Waals surface area contributed by atoms with Gasteiger partial charge in [-0.3, -0.25) is 0 Å². The molecule has 3 rings (SSSR count). The quantitative estimate of drug-likeness (QED) is 0.546. The van der Waals surface area contributed by atoms with Crippen molar-refractivity contribution in [1.29, 1.82) is 0 Å². The zero-order chi connectivity index (χ0) is 17.3. The molecule has 0 saturated carbocycles. The minimum absolute atomic E-state index is 0.520. The molecule has 1 aromatic heterocycles. The Labute approximate surface area is 146 Å². The van der Waals surface area contributed by atoms with E-state index in [0.717, 1.165) is 33.8 Å². The van der Waals surface area contributed by atoms with Crippen LogP contribution >= 0.6 is 11.3 Å². The summed E-state index contributed by atoms with van der Waals surface area (Å²) in [5, 5.41) is 4.18. The molecule has 24 heavy (non-hydrogen) atoms. The molecule has 0 bridgehead atoms. The molecule has 0 unspecified atom stereocenters. The van der Waals surface area contributed by atoms with Crippen molar-refractivity contribution in [1.82, 2.24) is 4.98 Å². The van der Waals surface area contributed by atoms with Crippen LogP contribution in [0.3, 0.4) is 0 Å². The topological polar surface area (TPSA) is 42.3 Å². The molecular weight excluding hydrogens is 316 g/mol. The average molecular weight is 336 g/mol. The van der Waals surface area contributed by atoms with Gasteiger partial charge in [0.1, 0.15) is 5.69 Å². The number of aromatic nitrogens is 1. The molecule has 2 aromatic carbocycles. The summed E-state index contributed by atoms with van der Waals surface area (Å²) in [6, 6.07) is 12.4. The fraction of sp³-hybridized carbons (Fsp3) is 0.250. The van der Waals surface area contributed by atoms with Gasteiger partial charge in [0.05, 0.1) is 10.7 Å². The number of thiazole rings is 1. The predicted octanol–water partition coefficient (Wildman–Crippen LogP) is 6.03. The minimum atomic E-state index is 0.520. The first-order valence-electron chi connectivity index (χ1n) is 7.94. The van der Waals surface area contributed by atoms with E-state index in [-0.39, 0.29) is 0 Å². The Morgan fingerprint density at radius 3 is 2.38 bits per heavy atom. The Kier molecular flexibility index (Phi) is 4.58. The highest BCUT2D eigenvalue weighted by Gasteiger charge is 2.12. The largest absolute Gasteiger partial charge is 0.241 e. The van der Waals surface area contributed by atoms with Crippen LogP contribution in [0.15, 0.2) is 41.6 Å². The fourth-order valence-electron chi connectivity index (χ4n) is 2.82. The number of nitrogens with zero attached hydrogens (tertiary/aromatic N) is 2. The van der Waals surface area contributed by atoms with Crippen molar-refractivity contribution in [2.75, 3.05) is 0 Å². The summed E-state index contributed by atoms with van der Waals surface area (Å²) in [6.07, 6.45) is 0.781. The molecule has 0 aliphatic carbocycles. The smallest absolute Gasteiger partial charge is 0.111 e. The maximum absolute atomic E-state index is 10.8. The van der Waals surface area contributed by atoms with Crippen LogP contribution in [0.5, 0.6) is 0 Å². The molecule has 3 aromatic rings. The van der Waals surface area contributed by atoms with Crippen LogP contribution in [0.25, 0.3) is 11.3 Å². The fourth-order valence-corrected chi connectivity index (χ4v) is 3.80. The molecule has 0 radical (unpaired) electrons. The van der Waals surface area contributed by atoms with Crippen molar-refractivity contribution < 1.29 is 0 Å². The standard InChI is InChI=1S/C20H20N2OS/c1-12-5-7-16(8-6-12)20-15(4)24-19(21-20)11-17-9-14(3)18(22-23)10-13(17)2/h5-10H,11H2,1-4H3. The van der Waals surface area contributed by atoms with E-state index in [2.05, 4.69) is 43.3 Å². The Balaban J connectivity index is 1.92. The van der Waals surface area contributed by atoms with E-state index in [4.69, 9.17) is 4.98 Å². The third-order valence-electron chi connectivity index (χ3n) is 4.26. The summed E-state index contributed by atoms with van der Waals surface area (Å²) >= 11 is 1.74. The van der Waals surface area contributed by atoms with Gasteiger partial charge in [-0.15, -0.1) is 16.2 Å². The van der Waals surface area contributed by atoms with Crippen LogP contribution in [0.2, 0.25) is 0 Å². The summed E-state index contributed by atoms with van der Waals surface area (Å²) in [5.74, 6) is 0. The number of hydrogen-bond acceptors (Lipinski definition) is 4. The van der Waals surface area contributed by atoms with E-state index in [1.54, 1.807) is 11.3 Å². The van der Waals surface area contributed by atoms with E-state index in [0.29, 0.717) is 5.69 Å². The highest BCUT2D eigenvalue weighted by atomic mass is 32.1. The minimum Gasteiger partial charge on any atom is -0.241 e. The molecule has 3 nitrogen and oxygen atoms in total. The van der Waals surface area contributed by atoms with Crippen molar-refractivity contribution in [3.05, 3.63) is 73.4 Å². The molecule has 0 N–H and O–H groups in total. The summed E-state index contributed by atoms with van der Waals surface area (Å²) in [6.45, 7) is 8.15. The van der Waals surface area contributed by atoms with E-state index >= 15 is 0 Å². The molecule has 0 amide bonds. The summed E-state index contributed by atoms with van der Waals surface area (Å²) in [5.41, 5.74) is 7.19. The molecule has 0 saturated heterocycles. The lowest BCUT2D eigenvalue weighted by Crippen LogP contribution is -1.93. The number of benzene rings is 2. The molecule has 0 fully saturated rings. The maximum atomic E-state index is 10.8. The Morgan fingerprint density at radius 2 is 1.71 bits per heavy atom. The van der Waals surface area contributed by atoms with Crippen molar-refractivity contribution in [2.24, 2.45) is 5.18 Å². The Bertz CT molecular complexity index is 895. The van der Waals surface area contributed by atoms with Crippen LogP contribution in [0.1, 0.15) is 32.1 Å². The Morgan fingerprint density at radius 1 is 1.00 bits per heavy atom. The number of rotatable bonds is 4. The van der Waals surface area contributed by atoms with Crippen molar-refractivity contribution in [3.8, 4) is 11.3 Å². The molecule has 0 aliphatic heterocycles. The SMILES string of the molecule is Cc1ccc(-c2nc(Cc3cc(C)c(N=O)cc3C)sc2C)cc1.